The number of nitrogens with one attached hydrogen (secondary N) is 2. The first kappa shape index (κ1) is 33.9. The number of hydrogen-bond acceptors (Lipinski definition) is 5. The summed E-state index contributed by atoms with van der Waals surface area (Å²) < 4.78 is 18.2. The Hall–Kier alpha value is -0.963. The lowest BCUT2D eigenvalue weighted by molar-refractivity contribution is -0.181. The van der Waals surface area contributed by atoms with Gasteiger partial charge in [0.15, 0.2) is 8.32 Å². The molecule has 2 amide bonds. The minimum absolute atomic E-state index is 0.0613. The van der Waals surface area contributed by atoms with Gasteiger partial charge in [-0.05, 0) is 122 Å². The highest BCUT2D eigenvalue weighted by molar-refractivity contribution is 6.74. The van der Waals surface area contributed by atoms with E-state index in [0.717, 1.165) is 12.3 Å². The lowest BCUT2D eigenvalue weighted by atomic mass is 9.43. The fraction of sp³-hybridized carbons (Fsp3) is 0.941. The van der Waals surface area contributed by atoms with E-state index in [-0.39, 0.29) is 23.5 Å². The summed E-state index contributed by atoms with van der Waals surface area (Å²) in [5.41, 5.74) is 5.65. The van der Waals surface area contributed by atoms with Crippen LogP contribution in [-0.2, 0) is 23.5 Å². The van der Waals surface area contributed by atoms with Crippen LogP contribution in [-0.4, -0.2) is 53.2 Å². The Morgan fingerprint density at radius 1 is 0.929 bits per heavy atom. The smallest absolute Gasteiger partial charge is 0.264 e. The van der Waals surface area contributed by atoms with E-state index in [1.807, 2.05) is 7.11 Å². The Bertz CT molecular complexity index is 968. The molecule has 0 radical (unpaired) electrons. The molecule has 4 saturated carbocycles. The Kier molecular flexibility index (Phi) is 10.3. The number of fused-ring (bicyclic) bond motifs is 5. The van der Waals surface area contributed by atoms with Crippen molar-refractivity contribution in [1.82, 2.24) is 10.9 Å². The topological polar surface area (TPSA) is 85.9 Å². The number of carbonyl (C=O) groups excluding carboxylic acids is 2. The van der Waals surface area contributed by atoms with Gasteiger partial charge in [0.2, 0.25) is 5.91 Å². The largest absolute Gasteiger partial charge is 0.414 e. The molecule has 10 atom stereocenters. The van der Waals surface area contributed by atoms with E-state index in [1.165, 1.54) is 58.5 Å². The van der Waals surface area contributed by atoms with Crippen LogP contribution in [0.3, 0.4) is 0 Å². The maximum absolute atomic E-state index is 12.4. The Labute approximate surface area is 257 Å². The van der Waals surface area contributed by atoms with Crippen LogP contribution >= 0.6 is 0 Å². The molecular weight excluding hydrogens is 544 g/mol. The SMILES string of the molecule is COCC(=O)NNC(=O)CC[C@@H](C)[C@H]1CC[C@H]2[C@@H]3[C@H](OC)C[C@@H]4C[C@H](O[Si](C)(C)C(C)(C)C)CC[C@]4(C)[C@H]3CC[C@]12C. The van der Waals surface area contributed by atoms with Crippen LogP contribution in [0.4, 0.5) is 0 Å². The molecule has 0 aliphatic heterocycles. The van der Waals surface area contributed by atoms with E-state index >= 15 is 0 Å². The van der Waals surface area contributed by atoms with Crippen LogP contribution in [0.15, 0.2) is 0 Å². The van der Waals surface area contributed by atoms with Gasteiger partial charge >= 0.3 is 0 Å². The zero-order valence-corrected chi connectivity index (χ0v) is 29.4. The van der Waals surface area contributed by atoms with E-state index in [4.69, 9.17) is 13.9 Å². The Morgan fingerprint density at radius 3 is 2.21 bits per heavy atom. The molecule has 4 fully saturated rings. The number of amides is 2. The third-order valence-electron chi connectivity index (χ3n) is 13.4. The minimum atomic E-state index is -1.79. The summed E-state index contributed by atoms with van der Waals surface area (Å²) in [6.07, 6.45) is 12.0. The molecule has 42 heavy (non-hydrogen) atoms. The van der Waals surface area contributed by atoms with Crippen molar-refractivity contribution in [3.05, 3.63) is 0 Å². The van der Waals surface area contributed by atoms with Gasteiger partial charge in [-0.3, -0.25) is 20.4 Å². The highest BCUT2D eigenvalue weighted by atomic mass is 28.4. The number of hydrogen-bond donors (Lipinski definition) is 2. The lowest BCUT2D eigenvalue weighted by Crippen LogP contribution is -2.59. The third-order valence-corrected chi connectivity index (χ3v) is 17.9. The third kappa shape index (κ3) is 6.52. The summed E-state index contributed by atoms with van der Waals surface area (Å²) in [7, 11) is 1.64. The van der Waals surface area contributed by atoms with Crippen molar-refractivity contribution in [3.63, 3.8) is 0 Å². The molecule has 4 aliphatic carbocycles. The molecule has 4 rings (SSSR count). The summed E-state index contributed by atoms with van der Waals surface area (Å²) in [5, 5.41) is 0.244. The van der Waals surface area contributed by atoms with Gasteiger partial charge in [-0.1, -0.05) is 41.5 Å². The molecule has 0 heterocycles. The number of ether oxygens (including phenoxy) is 2. The van der Waals surface area contributed by atoms with Gasteiger partial charge in [0, 0.05) is 26.7 Å². The summed E-state index contributed by atoms with van der Waals surface area (Å²) in [4.78, 5) is 24.0. The second kappa shape index (κ2) is 12.8. The van der Waals surface area contributed by atoms with Crippen LogP contribution in [0.2, 0.25) is 18.1 Å². The number of carbonyl (C=O) groups is 2. The first-order valence-electron chi connectivity index (χ1n) is 16.8. The van der Waals surface area contributed by atoms with E-state index in [0.29, 0.717) is 59.0 Å². The van der Waals surface area contributed by atoms with Crippen LogP contribution < -0.4 is 10.9 Å². The molecule has 0 bridgehead atoms. The van der Waals surface area contributed by atoms with Gasteiger partial charge in [0.1, 0.15) is 6.61 Å². The Morgan fingerprint density at radius 2 is 1.57 bits per heavy atom. The van der Waals surface area contributed by atoms with Crippen molar-refractivity contribution < 1.29 is 23.5 Å². The van der Waals surface area contributed by atoms with Crippen LogP contribution in [0.25, 0.3) is 0 Å². The number of rotatable bonds is 9. The fourth-order valence-corrected chi connectivity index (χ4v) is 11.4. The van der Waals surface area contributed by atoms with Crippen molar-refractivity contribution >= 4 is 20.1 Å². The van der Waals surface area contributed by atoms with Gasteiger partial charge < -0.3 is 13.9 Å². The first-order chi connectivity index (χ1) is 19.6. The maximum Gasteiger partial charge on any atom is 0.264 e. The Balaban J connectivity index is 1.41. The summed E-state index contributed by atoms with van der Waals surface area (Å²) in [6.45, 7) is 19.3. The van der Waals surface area contributed by atoms with Gasteiger partial charge in [-0.2, -0.15) is 0 Å². The molecule has 0 unspecified atom stereocenters. The monoisotopic (exact) mass is 606 g/mol. The molecule has 0 aromatic carbocycles. The molecule has 0 aromatic heterocycles. The molecule has 242 valence electrons. The fourth-order valence-electron chi connectivity index (χ4n) is 10.0. The van der Waals surface area contributed by atoms with Crippen LogP contribution in [0.1, 0.15) is 106 Å². The highest BCUT2D eigenvalue weighted by Gasteiger charge is 2.63. The molecule has 8 heteroatoms. The zero-order valence-electron chi connectivity index (χ0n) is 28.4. The van der Waals surface area contributed by atoms with Crippen molar-refractivity contribution in [2.75, 3.05) is 20.8 Å². The average Bonchev–Trinajstić information content (AvgIpc) is 3.27. The van der Waals surface area contributed by atoms with E-state index < -0.39 is 8.32 Å². The van der Waals surface area contributed by atoms with Gasteiger partial charge in [-0.25, -0.2) is 0 Å². The predicted molar refractivity (Wildman–Crippen MR) is 170 cm³/mol. The van der Waals surface area contributed by atoms with Crippen molar-refractivity contribution in [1.29, 1.82) is 0 Å². The zero-order chi connectivity index (χ0) is 31.1. The summed E-state index contributed by atoms with van der Waals surface area (Å²) in [5.74, 6) is 3.34. The van der Waals surface area contributed by atoms with Crippen molar-refractivity contribution in [2.45, 2.75) is 136 Å². The number of methoxy groups -OCH3 is 2. The molecule has 0 spiro atoms. The quantitative estimate of drug-likeness (QED) is 0.221. The minimum Gasteiger partial charge on any atom is -0.414 e. The highest BCUT2D eigenvalue weighted by Crippen LogP contribution is 2.69. The second-order valence-electron chi connectivity index (χ2n) is 16.6. The van der Waals surface area contributed by atoms with E-state index in [9.17, 15) is 9.59 Å². The van der Waals surface area contributed by atoms with Gasteiger partial charge in [0.25, 0.3) is 5.91 Å². The predicted octanol–water partition coefficient (Wildman–Crippen LogP) is 6.87. The van der Waals surface area contributed by atoms with E-state index in [2.05, 4.69) is 65.5 Å². The van der Waals surface area contributed by atoms with Crippen molar-refractivity contribution in [2.24, 2.45) is 46.3 Å². The van der Waals surface area contributed by atoms with Crippen LogP contribution in [0.5, 0.6) is 0 Å². The normalized spacial score (nSPS) is 39.0. The molecule has 4 aliphatic rings. The second-order valence-corrected chi connectivity index (χ2v) is 21.3. The van der Waals surface area contributed by atoms with E-state index in [1.54, 1.807) is 0 Å². The molecule has 7 nitrogen and oxygen atoms in total. The van der Waals surface area contributed by atoms with Gasteiger partial charge in [0.05, 0.1) is 6.10 Å². The van der Waals surface area contributed by atoms with Crippen molar-refractivity contribution in [3.8, 4) is 0 Å². The molecule has 0 aromatic rings. The number of hydrazine groups is 1. The average molecular weight is 607 g/mol. The molecule has 2 N–H and O–H groups in total. The van der Waals surface area contributed by atoms with Gasteiger partial charge in [-0.15, -0.1) is 0 Å². The summed E-state index contributed by atoms with van der Waals surface area (Å²) in [6, 6.07) is 0. The lowest BCUT2D eigenvalue weighted by Gasteiger charge is -2.63. The first-order valence-corrected chi connectivity index (χ1v) is 19.8. The molecule has 0 saturated heterocycles. The summed E-state index contributed by atoms with van der Waals surface area (Å²) >= 11 is 0. The molecular formula is C34H62N2O5Si. The maximum atomic E-state index is 12.4. The van der Waals surface area contributed by atoms with Crippen LogP contribution in [0, 0.1) is 46.3 Å². The standard InChI is InChI=1S/C34H62N2O5Si/c1-22(11-14-29(37)35-36-30(38)21-39-7)25-12-13-26-31-27(16-18-34(25,26)6)33(5)17-15-24(19-23(33)20-28(31)40-8)41-42(9,10)32(2,3)4/h22-28,31H,11-21H2,1-10H3,(H,35,37)(H,36,38)/t22-,23+,24-,25-,26+,27+,28-,31+,33+,34-/m1/s1.